The standard InChI is InChI=1S/C19H28N2O/c1-13(16-11-8-12-17(21-16)14(2)22)20-18-10-7-6-9-15(18)19(3,4)5/h6-7,9-10,16-17,21H,8,11-12H2,1-5H3. The molecule has 3 heteroatoms. The minimum absolute atomic E-state index is 0.0123. The van der Waals surface area contributed by atoms with Crippen molar-refractivity contribution in [2.24, 2.45) is 4.99 Å². The minimum atomic E-state index is -0.0123. The number of piperidine rings is 1. The van der Waals surface area contributed by atoms with Crippen LogP contribution in [0.4, 0.5) is 5.69 Å². The molecule has 120 valence electrons. The Morgan fingerprint density at radius 2 is 1.77 bits per heavy atom. The molecule has 1 aromatic carbocycles. The van der Waals surface area contributed by atoms with Crippen molar-refractivity contribution in [2.75, 3.05) is 0 Å². The fourth-order valence-electron chi connectivity index (χ4n) is 3.06. The molecule has 1 N–H and O–H groups in total. The lowest BCUT2D eigenvalue weighted by Gasteiger charge is -2.30. The molecule has 1 aromatic rings. The number of hydrogen-bond acceptors (Lipinski definition) is 3. The SMILES string of the molecule is CC(=O)C1CCCC(C(C)=Nc2ccccc2C(C)(C)C)N1. The van der Waals surface area contributed by atoms with Gasteiger partial charge in [0.05, 0.1) is 11.7 Å². The minimum Gasteiger partial charge on any atom is -0.299 e. The first-order valence-electron chi connectivity index (χ1n) is 8.20. The Labute approximate surface area is 134 Å². The first kappa shape index (κ1) is 16.9. The van der Waals surface area contributed by atoms with E-state index in [4.69, 9.17) is 4.99 Å². The lowest BCUT2D eigenvalue weighted by Crippen LogP contribution is -2.49. The van der Waals surface area contributed by atoms with Crippen LogP contribution in [0, 0.1) is 0 Å². The summed E-state index contributed by atoms with van der Waals surface area (Å²) in [6, 6.07) is 8.53. The number of Topliss-reactive ketones (excluding diaryl/α,β-unsaturated/α-hetero) is 1. The van der Waals surface area contributed by atoms with E-state index in [9.17, 15) is 4.79 Å². The number of nitrogens with one attached hydrogen (secondary N) is 1. The van der Waals surface area contributed by atoms with Gasteiger partial charge in [0.15, 0.2) is 0 Å². The average molecular weight is 300 g/mol. The highest BCUT2D eigenvalue weighted by Gasteiger charge is 2.26. The first-order valence-corrected chi connectivity index (χ1v) is 8.20. The van der Waals surface area contributed by atoms with Crippen molar-refractivity contribution in [2.45, 2.75) is 71.4 Å². The highest BCUT2D eigenvalue weighted by atomic mass is 16.1. The van der Waals surface area contributed by atoms with Crippen LogP contribution in [0.5, 0.6) is 0 Å². The molecule has 1 aliphatic heterocycles. The largest absolute Gasteiger partial charge is 0.299 e. The molecule has 2 unspecified atom stereocenters. The Morgan fingerprint density at radius 1 is 1.14 bits per heavy atom. The van der Waals surface area contributed by atoms with Crippen LogP contribution in [-0.2, 0) is 10.2 Å². The van der Waals surface area contributed by atoms with Crippen molar-refractivity contribution in [1.29, 1.82) is 0 Å². The number of ketones is 1. The van der Waals surface area contributed by atoms with Crippen molar-refractivity contribution in [1.82, 2.24) is 5.32 Å². The predicted octanol–water partition coefficient (Wildman–Crippen LogP) is 4.18. The molecule has 0 saturated carbocycles. The first-order chi connectivity index (χ1) is 10.3. The van der Waals surface area contributed by atoms with Gasteiger partial charge in [0.2, 0.25) is 0 Å². The van der Waals surface area contributed by atoms with Gasteiger partial charge in [-0.3, -0.25) is 15.1 Å². The van der Waals surface area contributed by atoms with Crippen LogP contribution in [0.1, 0.15) is 59.4 Å². The number of hydrogen-bond donors (Lipinski definition) is 1. The van der Waals surface area contributed by atoms with Crippen molar-refractivity contribution >= 4 is 17.2 Å². The van der Waals surface area contributed by atoms with Crippen LogP contribution in [-0.4, -0.2) is 23.6 Å². The summed E-state index contributed by atoms with van der Waals surface area (Å²) in [5.74, 6) is 0.229. The van der Waals surface area contributed by atoms with Crippen LogP contribution < -0.4 is 5.32 Å². The quantitative estimate of drug-likeness (QED) is 0.851. The number of carbonyl (C=O) groups is 1. The third-order valence-corrected chi connectivity index (χ3v) is 4.39. The van der Waals surface area contributed by atoms with Gasteiger partial charge in [0.1, 0.15) is 5.78 Å². The number of nitrogens with zero attached hydrogens (tertiary/aromatic N) is 1. The van der Waals surface area contributed by atoms with Crippen LogP contribution in [0.25, 0.3) is 0 Å². The predicted molar refractivity (Wildman–Crippen MR) is 93.2 cm³/mol. The zero-order chi connectivity index (χ0) is 16.3. The van der Waals surface area contributed by atoms with E-state index in [1.54, 1.807) is 6.92 Å². The monoisotopic (exact) mass is 300 g/mol. The molecule has 0 spiro atoms. The van der Waals surface area contributed by atoms with Crippen molar-refractivity contribution in [3.8, 4) is 0 Å². The molecule has 1 saturated heterocycles. The topological polar surface area (TPSA) is 41.5 Å². The van der Waals surface area contributed by atoms with Gasteiger partial charge in [-0.15, -0.1) is 0 Å². The number of carbonyl (C=O) groups excluding carboxylic acids is 1. The summed E-state index contributed by atoms with van der Waals surface area (Å²) in [5, 5.41) is 3.45. The summed E-state index contributed by atoms with van der Waals surface area (Å²) in [7, 11) is 0. The molecule has 22 heavy (non-hydrogen) atoms. The second-order valence-corrected chi connectivity index (χ2v) is 7.33. The van der Waals surface area contributed by atoms with Crippen molar-refractivity contribution < 1.29 is 4.79 Å². The Morgan fingerprint density at radius 3 is 2.41 bits per heavy atom. The summed E-state index contributed by atoms with van der Waals surface area (Å²) in [6.07, 6.45) is 3.07. The summed E-state index contributed by atoms with van der Waals surface area (Å²) >= 11 is 0. The summed E-state index contributed by atoms with van der Waals surface area (Å²) in [4.78, 5) is 16.5. The Bertz CT molecular complexity index is 569. The van der Waals surface area contributed by atoms with Gasteiger partial charge in [0, 0.05) is 11.8 Å². The molecule has 3 nitrogen and oxygen atoms in total. The van der Waals surface area contributed by atoms with E-state index in [0.29, 0.717) is 0 Å². The molecule has 2 rings (SSSR count). The Kier molecular flexibility index (Phi) is 5.17. The maximum Gasteiger partial charge on any atom is 0.146 e. The Balaban J connectivity index is 2.24. The maximum absolute atomic E-state index is 11.6. The van der Waals surface area contributed by atoms with Crippen molar-refractivity contribution in [3.63, 3.8) is 0 Å². The lowest BCUT2D eigenvalue weighted by molar-refractivity contribution is -0.119. The molecule has 0 amide bonds. The number of aliphatic imine (C=N–C) groups is 1. The van der Waals surface area contributed by atoms with Crippen LogP contribution in [0.15, 0.2) is 29.3 Å². The molecule has 0 radical (unpaired) electrons. The van der Waals surface area contributed by atoms with Crippen LogP contribution in [0.3, 0.4) is 0 Å². The molecule has 0 aliphatic carbocycles. The number of para-hydroxylation sites is 1. The van der Waals surface area contributed by atoms with E-state index in [0.717, 1.165) is 30.7 Å². The van der Waals surface area contributed by atoms with Gasteiger partial charge in [0.25, 0.3) is 0 Å². The zero-order valence-corrected chi connectivity index (χ0v) is 14.4. The van der Waals surface area contributed by atoms with Gasteiger partial charge >= 0.3 is 0 Å². The molecular weight excluding hydrogens is 272 g/mol. The van der Waals surface area contributed by atoms with E-state index in [1.165, 1.54) is 5.56 Å². The van der Waals surface area contributed by atoms with E-state index in [1.807, 2.05) is 6.07 Å². The van der Waals surface area contributed by atoms with Crippen LogP contribution in [0.2, 0.25) is 0 Å². The van der Waals surface area contributed by atoms with E-state index >= 15 is 0 Å². The number of rotatable bonds is 3. The molecule has 1 aliphatic rings. The summed E-state index contributed by atoms with van der Waals surface area (Å²) in [5.41, 5.74) is 3.44. The molecule has 1 fully saturated rings. The lowest BCUT2D eigenvalue weighted by atomic mass is 9.86. The van der Waals surface area contributed by atoms with Gasteiger partial charge in [-0.2, -0.15) is 0 Å². The molecule has 0 bridgehead atoms. The molecule has 1 heterocycles. The highest BCUT2D eigenvalue weighted by Crippen LogP contribution is 2.31. The van der Waals surface area contributed by atoms with Gasteiger partial charge < -0.3 is 0 Å². The summed E-state index contributed by atoms with van der Waals surface area (Å²) < 4.78 is 0. The van der Waals surface area contributed by atoms with Gasteiger partial charge in [-0.1, -0.05) is 39.0 Å². The summed E-state index contributed by atoms with van der Waals surface area (Å²) in [6.45, 7) is 10.4. The third-order valence-electron chi connectivity index (χ3n) is 4.39. The van der Waals surface area contributed by atoms with E-state index < -0.39 is 0 Å². The second kappa shape index (κ2) is 6.74. The Hall–Kier alpha value is -1.48. The van der Waals surface area contributed by atoms with Crippen molar-refractivity contribution in [3.05, 3.63) is 29.8 Å². The fraction of sp³-hybridized carbons (Fsp3) is 0.579. The highest BCUT2D eigenvalue weighted by molar-refractivity contribution is 5.91. The molecular formula is C19H28N2O. The van der Waals surface area contributed by atoms with Crippen LogP contribution >= 0.6 is 0 Å². The van der Waals surface area contributed by atoms with E-state index in [-0.39, 0.29) is 23.3 Å². The normalized spacial score (nSPS) is 23.4. The molecule has 2 atom stereocenters. The average Bonchev–Trinajstić information content (AvgIpc) is 2.46. The van der Waals surface area contributed by atoms with E-state index in [2.05, 4.69) is 51.2 Å². The fourth-order valence-corrected chi connectivity index (χ4v) is 3.06. The smallest absolute Gasteiger partial charge is 0.146 e. The zero-order valence-electron chi connectivity index (χ0n) is 14.4. The third kappa shape index (κ3) is 4.04. The molecule has 0 aromatic heterocycles. The maximum atomic E-state index is 11.6. The van der Waals surface area contributed by atoms with Gasteiger partial charge in [-0.25, -0.2) is 0 Å². The van der Waals surface area contributed by atoms with Gasteiger partial charge in [-0.05, 0) is 50.2 Å². The second-order valence-electron chi connectivity index (χ2n) is 7.33. The number of benzene rings is 1.